The zero-order valence-corrected chi connectivity index (χ0v) is 18.0. The van der Waals surface area contributed by atoms with Crippen molar-refractivity contribution < 1.29 is 14.3 Å². The molecule has 7 atom stereocenters. The van der Waals surface area contributed by atoms with Crippen LogP contribution in [0.3, 0.4) is 0 Å². The molecule has 1 saturated carbocycles. The molecule has 10 heteroatoms. The van der Waals surface area contributed by atoms with Crippen LogP contribution in [-0.4, -0.2) is 52.2 Å². The highest BCUT2D eigenvalue weighted by atomic mass is 32.2. The van der Waals surface area contributed by atoms with Crippen molar-refractivity contribution in [2.24, 2.45) is 11.8 Å². The Labute approximate surface area is 174 Å². The maximum absolute atomic E-state index is 12.8. The summed E-state index contributed by atoms with van der Waals surface area (Å²) in [6.07, 6.45) is 4.93. The maximum atomic E-state index is 12.8. The Balaban J connectivity index is 1.27. The summed E-state index contributed by atoms with van der Waals surface area (Å²) in [5.74, 6) is 0.841. The lowest BCUT2D eigenvalue weighted by molar-refractivity contribution is -0.130. The highest BCUT2D eigenvalue weighted by Crippen LogP contribution is 2.37. The summed E-state index contributed by atoms with van der Waals surface area (Å²) in [7, 11) is 0. The number of rotatable bonds is 5. The minimum absolute atomic E-state index is 0.00776. The van der Waals surface area contributed by atoms with Gasteiger partial charge in [-0.1, -0.05) is 26.7 Å². The van der Waals surface area contributed by atoms with Crippen molar-refractivity contribution >= 4 is 35.3 Å². The number of hydrazine groups is 1. The summed E-state index contributed by atoms with van der Waals surface area (Å²) in [4.78, 5) is 25.5. The quantitative estimate of drug-likeness (QED) is 0.434. The van der Waals surface area contributed by atoms with Gasteiger partial charge in [0.1, 0.15) is 11.6 Å². The van der Waals surface area contributed by atoms with Gasteiger partial charge in [0.25, 0.3) is 0 Å². The molecule has 2 amide bonds. The monoisotopic (exact) mass is 429 g/mol. The number of carbonyl (C=O) groups is 2. The highest BCUT2D eigenvalue weighted by molar-refractivity contribution is 8.01. The first kappa shape index (κ1) is 20.7. The summed E-state index contributed by atoms with van der Waals surface area (Å²) >= 11 is 3.40. The van der Waals surface area contributed by atoms with Gasteiger partial charge in [-0.2, -0.15) is 0 Å². The molecule has 7 unspecified atom stereocenters. The van der Waals surface area contributed by atoms with E-state index in [1.54, 1.807) is 23.5 Å². The van der Waals surface area contributed by atoms with E-state index < -0.39 is 6.35 Å². The Morgan fingerprint density at radius 3 is 2.64 bits per heavy atom. The molecule has 3 heterocycles. The molecule has 4 rings (SSSR count). The lowest BCUT2D eigenvalue weighted by Gasteiger charge is -2.23. The number of amides is 2. The van der Waals surface area contributed by atoms with Gasteiger partial charge >= 0.3 is 0 Å². The van der Waals surface area contributed by atoms with Crippen molar-refractivity contribution in [3.63, 3.8) is 0 Å². The van der Waals surface area contributed by atoms with Crippen molar-refractivity contribution in [1.29, 1.82) is 0 Å². The molecule has 0 spiro atoms. The van der Waals surface area contributed by atoms with Crippen LogP contribution in [0.25, 0.3) is 0 Å². The second kappa shape index (κ2) is 9.09. The second-order valence-electron chi connectivity index (χ2n) is 8.29. The summed E-state index contributed by atoms with van der Waals surface area (Å²) < 4.78 is 5.74. The molecular formula is C18H31N5O3S2. The Morgan fingerprint density at radius 1 is 1.07 bits per heavy atom. The van der Waals surface area contributed by atoms with Crippen LogP contribution >= 0.6 is 23.5 Å². The molecular weight excluding hydrogens is 398 g/mol. The first-order valence-corrected chi connectivity index (χ1v) is 12.3. The first-order valence-electron chi connectivity index (χ1n) is 10.3. The predicted molar refractivity (Wildman–Crippen MR) is 111 cm³/mol. The van der Waals surface area contributed by atoms with Gasteiger partial charge in [-0.05, 0) is 30.9 Å². The molecule has 4 aliphatic rings. The van der Waals surface area contributed by atoms with Crippen LogP contribution in [0.5, 0.6) is 0 Å². The third-order valence-electron chi connectivity index (χ3n) is 5.85. The van der Waals surface area contributed by atoms with Crippen LogP contribution in [0.4, 0.5) is 0 Å². The molecule has 1 aliphatic carbocycles. The summed E-state index contributed by atoms with van der Waals surface area (Å²) in [5.41, 5.74) is 5.99. The number of hydrogen-bond acceptors (Lipinski definition) is 8. The van der Waals surface area contributed by atoms with Crippen LogP contribution in [0, 0.1) is 11.8 Å². The van der Waals surface area contributed by atoms with Gasteiger partial charge < -0.3 is 15.4 Å². The fraction of sp³-hybridized carbons (Fsp3) is 0.889. The van der Waals surface area contributed by atoms with Gasteiger partial charge in [-0.15, -0.1) is 23.5 Å². The molecule has 3 saturated heterocycles. The van der Waals surface area contributed by atoms with E-state index in [4.69, 9.17) is 4.74 Å². The van der Waals surface area contributed by atoms with Crippen molar-refractivity contribution in [3.8, 4) is 0 Å². The predicted octanol–water partition coefficient (Wildman–Crippen LogP) is 0.662. The van der Waals surface area contributed by atoms with Gasteiger partial charge in [-0.3, -0.25) is 14.9 Å². The Bertz CT molecular complexity index is 582. The SMILES string of the molecule is CC(C)C1NNC(NC(=O)C2CCSC2NC(=O)C2NC3CCCCC3S2)O1. The van der Waals surface area contributed by atoms with Crippen LogP contribution in [0.1, 0.15) is 46.0 Å². The van der Waals surface area contributed by atoms with Gasteiger partial charge in [0.05, 0.1) is 11.3 Å². The lowest BCUT2D eigenvalue weighted by Crippen LogP contribution is -2.52. The first-order chi connectivity index (χ1) is 13.5. The number of thioether (sulfide) groups is 2. The highest BCUT2D eigenvalue weighted by Gasteiger charge is 2.42. The van der Waals surface area contributed by atoms with Crippen molar-refractivity contribution in [1.82, 2.24) is 26.8 Å². The minimum Gasteiger partial charge on any atom is -0.341 e. The smallest absolute Gasteiger partial charge is 0.248 e. The molecule has 0 aromatic carbocycles. The average molecular weight is 430 g/mol. The molecule has 0 aromatic rings. The molecule has 3 aliphatic heterocycles. The third-order valence-corrected chi connectivity index (χ3v) is 8.66. The van der Waals surface area contributed by atoms with E-state index in [9.17, 15) is 9.59 Å². The average Bonchev–Trinajstić information content (AvgIpc) is 3.40. The minimum atomic E-state index is -0.544. The van der Waals surface area contributed by atoms with E-state index in [1.807, 2.05) is 13.8 Å². The number of ether oxygens (including phenoxy) is 1. The lowest BCUT2D eigenvalue weighted by atomic mass is 9.95. The standard InChI is InChI=1S/C18H31N5O3S2/c1-9(2)15-22-23-18(26-15)21-13(24)10-7-8-27-16(10)20-14(25)17-19-11-5-3-4-6-12(11)28-17/h9-12,15-19,22-23H,3-8H2,1-2H3,(H,20,25)(H,21,24). The van der Waals surface area contributed by atoms with E-state index in [2.05, 4.69) is 26.8 Å². The molecule has 0 bridgehead atoms. The third kappa shape index (κ3) is 4.62. The van der Waals surface area contributed by atoms with Crippen molar-refractivity contribution in [3.05, 3.63) is 0 Å². The van der Waals surface area contributed by atoms with Gasteiger partial charge in [0.15, 0.2) is 0 Å². The van der Waals surface area contributed by atoms with E-state index in [0.717, 1.165) is 18.6 Å². The van der Waals surface area contributed by atoms with E-state index in [-0.39, 0.29) is 34.7 Å². The molecule has 0 aromatic heterocycles. The Hall–Kier alpha value is -0.520. The number of nitrogens with one attached hydrogen (secondary N) is 5. The van der Waals surface area contributed by atoms with Crippen molar-refractivity contribution in [2.45, 2.75) is 80.6 Å². The number of hydrogen-bond donors (Lipinski definition) is 5. The molecule has 8 nitrogen and oxygen atoms in total. The summed E-state index contributed by atoms with van der Waals surface area (Å²) in [6, 6.07) is 0.455. The molecule has 158 valence electrons. The second-order valence-corrected chi connectivity index (χ2v) is 10.9. The normalized spacial score (nSPS) is 40.5. The van der Waals surface area contributed by atoms with Crippen LogP contribution in [0.15, 0.2) is 0 Å². The van der Waals surface area contributed by atoms with Gasteiger partial charge in [0.2, 0.25) is 18.2 Å². The van der Waals surface area contributed by atoms with Gasteiger partial charge in [-0.25, -0.2) is 10.9 Å². The van der Waals surface area contributed by atoms with Crippen LogP contribution < -0.4 is 26.8 Å². The van der Waals surface area contributed by atoms with E-state index in [1.165, 1.54) is 19.3 Å². The molecule has 5 N–H and O–H groups in total. The van der Waals surface area contributed by atoms with Crippen LogP contribution in [-0.2, 0) is 14.3 Å². The van der Waals surface area contributed by atoms with Crippen LogP contribution in [0.2, 0.25) is 0 Å². The molecule has 28 heavy (non-hydrogen) atoms. The molecule has 4 fully saturated rings. The van der Waals surface area contributed by atoms with Gasteiger partial charge in [0, 0.05) is 11.3 Å². The van der Waals surface area contributed by atoms with Crippen molar-refractivity contribution in [2.75, 3.05) is 5.75 Å². The van der Waals surface area contributed by atoms with E-state index >= 15 is 0 Å². The van der Waals surface area contributed by atoms with E-state index in [0.29, 0.717) is 17.2 Å². The summed E-state index contributed by atoms with van der Waals surface area (Å²) in [5, 5.41) is 9.66. The fourth-order valence-corrected chi connectivity index (χ4v) is 7.05. The zero-order chi connectivity index (χ0) is 19.7. The number of fused-ring (bicyclic) bond motifs is 1. The zero-order valence-electron chi connectivity index (χ0n) is 16.4. The fourth-order valence-electron chi connectivity index (χ4n) is 4.22. The number of carbonyl (C=O) groups excluding carboxylic acids is 2. The maximum Gasteiger partial charge on any atom is 0.248 e. The Morgan fingerprint density at radius 2 is 1.89 bits per heavy atom. The Kier molecular flexibility index (Phi) is 6.74. The molecule has 0 radical (unpaired) electrons. The largest absolute Gasteiger partial charge is 0.341 e. The summed E-state index contributed by atoms with van der Waals surface area (Å²) in [6.45, 7) is 4.10. The topological polar surface area (TPSA) is 104 Å².